The van der Waals surface area contributed by atoms with Crippen molar-refractivity contribution in [2.75, 3.05) is 25.0 Å². The highest BCUT2D eigenvalue weighted by Crippen LogP contribution is 2.38. The van der Waals surface area contributed by atoms with Crippen molar-refractivity contribution in [3.8, 4) is 0 Å². The van der Waals surface area contributed by atoms with Crippen LogP contribution in [0.3, 0.4) is 0 Å². The summed E-state index contributed by atoms with van der Waals surface area (Å²) < 4.78 is 1.73. The Morgan fingerprint density at radius 3 is 2.69 bits per heavy atom. The van der Waals surface area contributed by atoms with Crippen LogP contribution in [-0.4, -0.2) is 55.4 Å². The molecule has 3 aliphatic rings. The SMILES string of the molecule is CC(=O)c1c(C)c2cnc(Nc3ccc(CN4CCNC5(CC5)C4)cn3)nc2n(C2CCCC2)c1=O. The van der Waals surface area contributed by atoms with E-state index in [0.717, 1.165) is 57.2 Å². The number of rotatable bonds is 6. The number of anilines is 2. The monoisotopic (exact) mass is 487 g/mol. The van der Waals surface area contributed by atoms with Gasteiger partial charge in [0.05, 0.1) is 5.56 Å². The number of pyridine rings is 2. The molecule has 1 spiro atoms. The average molecular weight is 488 g/mol. The van der Waals surface area contributed by atoms with E-state index in [2.05, 4.69) is 31.6 Å². The van der Waals surface area contributed by atoms with Gasteiger partial charge in [-0.1, -0.05) is 18.9 Å². The molecule has 1 aliphatic heterocycles. The van der Waals surface area contributed by atoms with Gasteiger partial charge in [-0.3, -0.25) is 19.1 Å². The van der Waals surface area contributed by atoms with Crippen LogP contribution in [-0.2, 0) is 6.54 Å². The van der Waals surface area contributed by atoms with Crippen LogP contribution in [0.2, 0.25) is 0 Å². The summed E-state index contributed by atoms with van der Waals surface area (Å²) in [6.45, 7) is 7.36. The van der Waals surface area contributed by atoms with E-state index >= 15 is 0 Å². The Labute approximate surface area is 210 Å². The second-order valence-electron chi connectivity index (χ2n) is 10.7. The third-order valence-corrected chi connectivity index (χ3v) is 8.03. The molecule has 3 fully saturated rings. The molecule has 0 aromatic carbocycles. The number of carbonyl (C=O) groups excluding carboxylic acids is 1. The van der Waals surface area contributed by atoms with Gasteiger partial charge in [-0.05, 0) is 56.7 Å². The third-order valence-electron chi connectivity index (χ3n) is 8.03. The molecule has 1 saturated heterocycles. The van der Waals surface area contributed by atoms with Crippen LogP contribution < -0.4 is 16.2 Å². The number of aromatic nitrogens is 4. The van der Waals surface area contributed by atoms with Crippen molar-refractivity contribution < 1.29 is 4.79 Å². The van der Waals surface area contributed by atoms with Crippen molar-refractivity contribution in [1.29, 1.82) is 0 Å². The first-order chi connectivity index (χ1) is 17.4. The van der Waals surface area contributed by atoms with Crippen LogP contribution in [0.25, 0.3) is 11.0 Å². The quantitative estimate of drug-likeness (QED) is 0.509. The second kappa shape index (κ2) is 9.05. The highest BCUT2D eigenvalue weighted by atomic mass is 16.1. The predicted molar refractivity (Wildman–Crippen MR) is 139 cm³/mol. The van der Waals surface area contributed by atoms with Crippen molar-refractivity contribution in [3.63, 3.8) is 0 Å². The molecule has 0 amide bonds. The van der Waals surface area contributed by atoms with Crippen LogP contribution in [0, 0.1) is 6.92 Å². The van der Waals surface area contributed by atoms with Crippen LogP contribution in [0.1, 0.15) is 73.0 Å². The molecule has 2 saturated carbocycles. The molecule has 0 bridgehead atoms. The van der Waals surface area contributed by atoms with Gasteiger partial charge in [0.25, 0.3) is 5.56 Å². The Morgan fingerprint density at radius 1 is 1.19 bits per heavy atom. The summed E-state index contributed by atoms with van der Waals surface area (Å²) in [4.78, 5) is 42.0. The fraction of sp³-hybridized carbons (Fsp3) is 0.519. The van der Waals surface area contributed by atoms with Gasteiger partial charge in [-0.25, -0.2) is 9.97 Å². The smallest absolute Gasteiger partial charge is 0.263 e. The zero-order chi connectivity index (χ0) is 24.9. The van der Waals surface area contributed by atoms with E-state index in [1.807, 2.05) is 12.3 Å². The van der Waals surface area contributed by atoms with Gasteiger partial charge < -0.3 is 10.6 Å². The van der Waals surface area contributed by atoms with E-state index in [-0.39, 0.29) is 22.9 Å². The maximum absolute atomic E-state index is 13.4. The number of piperazine rings is 1. The largest absolute Gasteiger partial charge is 0.309 e. The molecule has 3 aromatic heterocycles. The zero-order valence-electron chi connectivity index (χ0n) is 21.0. The van der Waals surface area contributed by atoms with Crippen LogP contribution >= 0.6 is 0 Å². The zero-order valence-corrected chi connectivity index (χ0v) is 21.0. The predicted octanol–water partition coefficient (Wildman–Crippen LogP) is 3.49. The molecule has 9 nitrogen and oxygen atoms in total. The number of hydrogen-bond donors (Lipinski definition) is 2. The molecule has 0 unspecified atom stereocenters. The first-order valence-electron chi connectivity index (χ1n) is 13.0. The van der Waals surface area contributed by atoms with Crippen molar-refractivity contribution in [3.05, 3.63) is 51.6 Å². The number of ketones is 1. The number of aryl methyl sites for hydroxylation is 1. The van der Waals surface area contributed by atoms with Crippen LogP contribution in [0.4, 0.5) is 11.8 Å². The molecule has 2 aliphatic carbocycles. The number of fused-ring (bicyclic) bond motifs is 1. The Balaban J connectivity index is 1.26. The summed E-state index contributed by atoms with van der Waals surface area (Å²) in [6.07, 6.45) is 10.2. The molecule has 6 rings (SSSR count). The van der Waals surface area contributed by atoms with Crippen LogP contribution in [0.5, 0.6) is 0 Å². The Morgan fingerprint density at radius 2 is 2.00 bits per heavy atom. The van der Waals surface area contributed by atoms with Gasteiger partial charge in [-0.15, -0.1) is 0 Å². The minimum atomic E-state index is -0.243. The Bertz CT molecular complexity index is 1370. The maximum Gasteiger partial charge on any atom is 0.263 e. The van der Waals surface area contributed by atoms with Crippen molar-refractivity contribution >= 4 is 28.6 Å². The molecule has 0 radical (unpaired) electrons. The molecule has 9 heteroatoms. The van der Waals surface area contributed by atoms with Gasteiger partial charge in [0.2, 0.25) is 5.95 Å². The van der Waals surface area contributed by atoms with E-state index in [1.54, 1.807) is 17.7 Å². The van der Waals surface area contributed by atoms with Crippen molar-refractivity contribution in [1.82, 2.24) is 29.7 Å². The van der Waals surface area contributed by atoms with E-state index < -0.39 is 0 Å². The summed E-state index contributed by atoms with van der Waals surface area (Å²) in [5, 5.41) is 7.60. The van der Waals surface area contributed by atoms with Crippen LogP contribution in [0.15, 0.2) is 29.3 Å². The fourth-order valence-corrected chi connectivity index (χ4v) is 5.94. The summed E-state index contributed by atoms with van der Waals surface area (Å²) in [5.74, 6) is 0.830. The lowest BCUT2D eigenvalue weighted by atomic mass is 10.0. The lowest BCUT2D eigenvalue weighted by molar-refractivity contribution is 0.101. The normalized spacial score (nSPS) is 19.7. The summed E-state index contributed by atoms with van der Waals surface area (Å²) in [6, 6.07) is 4.10. The highest BCUT2D eigenvalue weighted by molar-refractivity contribution is 5.99. The van der Waals surface area contributed by atoms with Crippen molar-refractivity contribution in [2.24, 2.45) is 0 Å². The van der Waals surface area contributed by atoms with E-state index in [1.165, 1.54) is 25.3 Å². The van der Waals surface area contributed by atoms with E-state index in [9.17, 15) is 9.59 Å². The van der Waals surface area contributed by atoms with Gasteiger partial charge >= 0.3 is 0 Å². The van der Waals surface area contributed by atoms with Gasteiger partial charge in [-0.2, -0.15) is 4.98 Å². The topological polar surface area (TPSA) is 105 Å². The molecule has 188 valence electrons. The van der Waals surface area contributed by atoms with Gasteiger partial charge in [0.1, 0.15) is 11.5 Å². The second-order valence-corrected chi connectivity index (χ2v) is 10.7. The fourth-order valence-electron chi connectivity index (χ4n) is 5.94. The molecule has 2 N–H and O–H groups in total. The Kier molecular flexibility index (Phi) is 5.84. The molecule has 4 heterocycles. The minimum absolute atomic E-state index is 0.0543. The first-order valence-corrected chi connectivity index (χ1v) is 13.0. The molecular formula is C27H33N7O2. The van der Waals surface area contributed by atoms with E-state index in [4.69, 9.17) is 4.98 Å². The standard InChI is InChI=1S/C27H33N7O2/c1-17-21-14-29-26(32-24(21)34(20-5-3-4-6-20)25(36)23(17)18(2)35)31-22-8-7-19(13-28-22)15-33-12-11-30-27(16-33)9-10-27/h7-8,13-14,20,30H,3-6,9-12,15-16H2,1-2H3,(H,28,29,31,32). The minimum Gasteiger partial charge on any atom is -0.309 e. The highest BCUT2D eigenvalue weighted by Gasteiger charge is 2.45. The van der Waals surface area contributed by atoms with E-state index in [0.29, 0.717) is 28.5 Å². The number of nitrogens with zero attached hydrogens (tertiary/aromatic N) is 5. The Hall–Kier alpha value is -3.17. The summed E-state index contributed by atoms with van der Waals surface area (Å²) >= 11 is 0. The molecule has 36 heavy (non-hydrogen) atoms. The number of hydrogen-bond acceptors (Lipinski definition) is 8. The molecular weight excluding hydrogens is 454 g/mol. The lowest BCUT2D eigenvalue weighted by Crippen LogP contribution is -2.51. The number of carbonyl (C=O) groups is 1. The number of Topliss-reactive ketones (excluding diaryl/α,β-unsaturated/α-hetero) is 1. The number of nitrogens with one attached hydrogen (secondary N) is 2. The molecule has 3 aromatic rings. The third kappa shape index (κ3) is 4.30. The first kappa shape index (κ1) is 23.2. The maximum atomic E-state index is 13.4. The van der Waals surface area contributed by atoms with Crippen molar-refractivity contribution in [2.45, 2.75) is 70.5 Å². The average Bonchev–Trinajstić information content (AvgIpc) is 3.36. The van der Waals surface area contributed by atoms with Gasteiger partial charge in [0.15, 0.2) is 5.78 Å². The molecule has 0 atom stereocenters. The summed E-state index contributed by atoms with van der Waals surface area (Å²) in [7, 11) is 0. The van der Waals surface area contributed by atoms with Gasteiger partial charge in [0, 0.05) is 55.5 Å². The lowest BCUT2D eigenvalue weighted by Gasteiger charge is -2.33. The summed E-state index contributed by atoms with van der Waals surface area (Å²) in [5.41, 5.74) is 2.77.